The monoisotopic (exact) mass is 357 g/mol. The molecule has 0 radical (unpaired) electrons. The summed E-state index contributed by atoms with van der Waals surface area (Å²) >= 11 is 0. The van der Waals surface area contributed by atoms with E-state index in [-0.39, 0.29) is 5.91 Å². The standard InChI is InChI=1S/C22H19N3O2/c1-27-17-9-4-6-15(12-17)14-23-22(26)21-13-20(24-25-21)19-11-5-8-16-7-2-3-10-18(16)19/h2-13H,14H2,1H3,(H,23,26)(H,24,25). The SMILES string of the molecule is COc1cccc(CNC(=O)c2cc(-c3cccc4ccccc34)n[nH]2)c1. The first-order valence-corrected chi connectivity index (χ1v) is 8.69. The van der Waals surface area contributed by atoms with Crippen molar-refractivity contribution in [3.63, 3.8) is 0 Å². The molecule has 5 heteroatoms. The Morgan fingerprint density at radius 3 is 2.74 bits per heavy atom. The van der Waals surface area contributed by atoms with E-state index in [9.17, 15) is 4.79 Å². The van der Waals surface area contributed by atoms with Crippen LogP contribution in [0.15, 0.2) is 72.8 Å². The third kappa shape index (κ3) is 3.53. The highest BCUT2D eigenvalue weighted by molar-refractivity contribution is 5.98. The first-order valence-electron chi connectivity index (χ1n) is 8.69. The molecule has 134 valence electrons. The number of H-pyrrole nitrogens is 1. The third-order valence-electron chi connectivity index (χ3n) is 4.48. The lowest BCUT2D eigenvalue weighted by Crippen LogP contribution is -2.23. The number of fused-ring (bicyclic) bond motifs is 1. The van der Waals surface area contributed by atoms with Crippen molar-refractivity contribution in [1.82, 2.24) is 15.5 Å². The number of benzene rings is 3. The predicted octanol–water partition coefficient (Wildman–Crippen LogP) is 4.17. The lowest BCUT2D eigenvalue weighted by molar-refractivity contribution is 0.0946. The van der Waals surface area contributed by atoms with E-state index in [1.165, 1.54) is 0 Å². The van der Waals surface area contributed by atoms with Crippen molar-refractivity contribution in [1.29, 1.82) is 0 Å². The van der Waals surface area contributed by atoms with Gasteiger partial charge in [-0.3, -0.25) is 9.89 Å². The maximum absolute atomic E-state index is 12.5. The largest absolute Gasteiger partial charge is 0.497 e. The highest BCUT2D eigenvalue weighted by Crippen LogP contribution is 2.27. The average Bonchev–Trinajstić information content (AvgIpc) is 3.22. The molecule has 0 bridgehead atoms. The summed E-state index contributed by atoms with van der Waals surface area (Å²) < 4.78 is 5.20. The van der Waals surface area contributed by atoms with E-state index in [1.807, 2.05) is 48.5 Å². The molecule has 5 nitrogen and oxygen atoms in total. The van der Waals surface area contributed by atoms with Gasteiger partial charge >= 0.3 is 0 Å². The summed E-state index contributed by atoms with van der Waals surface area (Å²) in [6, 6.07) is 23.6. The molecule has 4 rings (SSSR count). The molecule has 0 atom stereocenters. The third-order valence-corrected chi connectivity index (χ3v) is 4.48. The van der Waals surface area contributed by atoms with Gasteiger partial charge in [0.15, 0.2) is 0 Å². The number of amides is 1. The summed E-state index contributed by atoms with van der Waals surface area (Å²) in [5.41, 5.74) is 3.15. The maximum Gasteiger partial charge on any atom is 0.269 e. The number of aromatic nitrogens is 2. The maximum atomic E-state index is 12.5. The van der Waals surface area contributed by atoms with Gasteiger partial charge in [0.2, 0.25) is 0 Å². The molecule has 3 aromatic carbocycles. The zero-order valence-corrected chi connectivity index (χ0v) is 14.9. The van der Waals surface area contributed by atoms with Crippen molar-refractivity contribution in [2.45, 2.75) is 6.54 Å². The molecule has 1 amide bonds. The highest BCUT2D eigenvalue weighted by atomic mass is 16.5. The van der Waals surface area contributed by atoms with Crippen LogP contribution in [-0.2, 0) is 6.54 Å². The summed E-state index contributed by atoms with van der Waals surface area (Å²) in [6.45, 7) is 0.415. The second-order valence-corrected chi connectivity index (χ2v) is 6.23. The van der Waals surface area contributed by atoms with E-state index >= 15 is 0 Å². The minimum Gasteiger partial charge on any atom is -0.497 e. The minimum atomic E-state index is -0.197. The van der Waals surface area contributed by atoms with Gasteiger partial charge < -0.3 is 10.1 Å². The molecule has 0 saturated heterocycles. The number of methoxy groups -OCH3 is 1. The highest BCUT2D eigenvalue weighted by Gasteiger charge is 2.12. The number of nitrogens with one attached hydrogen (secondary N) is 2. The van der Waals surface area contributed by atoms with Crippen LogP contribution >= 0.6 is 0 Å². The number of rotatable bonds is 5. The normalized spacial score (nSPS) is 10.7. The van der Waals surface area contributed by atoms with E-state index in [4.69, 9.17) is 4.74 Å². The average molecular weight is 357 g/mol. The van der Waals surface area contributed by atoms with Crippen LogP contribution in [0.2, 0.25) is 0 Å². The van der Waals surface area contributed by atoms with Crippen LogP contribution in [0.1, 0.15) is 16.1 Å². The van der Waals surface area contributed by atoms with Gasteiger partial charge in [0.05, 0.1) is 12.8 Å². The zero-order valence-electron chi connectivity index (χ0n) is 14.9. The Bertz CT molecular complexity index is 1100. The first-order chi connectivity index (χ1) is 13.2. The molecule has 1 heterocycles. The Labute approximate surface area is 157 Å². The Balaban J connectivity index is 1.52. The van der Waals surface area contributed by atoms with Gasteiger partial charge in [-0.2, -0.15) is 5.10 Å². The molecule has 2 N–H and O–H groups in total. The molecule has 0 spiro atoms. The number of nitrogens with zero attached hydrogens (tertiary/aromatic N) is 1. The predicted molar refractivity (Wildman–Crippen MR) is 106 cm³/mol. The molecule has 0 aliphatic carbocycles. The van der Waals surface area contributed by atoms with Crippen LogP contribution in [-0.4, -0.2) is 23.2 Å². The second kappa shape index (κ2) is 7.33. The van der Waals surface area contributed by atoms with Crippen molar-refractivity contribution in [3.05, 3.63) is 84.1 Å². The van der Waals surface area contributed by atoms with Crippen LogP contribution in [0.3, 0.4) is 0 Å². The molecular weight excluding hydrogens is 338 g/mol. The van der Waals surface area contributed by atoms with Gasteiger partial charge in [0, 0.05) is 12.1 Å². The molecule has 0 saturated carbocycles. The van der Waals surface area contributed by atoms with Gasteiger partial charge in [0.1, 0.15) is 11.4 Å². The van der Waals surface area contributed by atoms with E-state index in [0.717, 1.165) is 33.3 Å². The number of hydrogen-bond donors (Lipinski definition) is 2. The van der Waals surface area contributed by atoms with Crippen molar-refractivity contribution in [2.75, 3.05) is 7.11 Å². The van der Waals surface area contributed by atoms with E-state index in [1.54, 1.807) is 13.2 Å². The summed E-state index contributed by atoms with van der Waals surface area (Å²) in [5.74, 6) is 0.568. The first kappa shape index (κ1) is 16.8. The van der Waals surface area contributed by atoms with Crippen molar-refractivity contribution < 1.29 is 9.53 Å². The minimum absolute atomic E-state index is 0.197. The molecule has 0 aliphatic heterocycles. The smallest absolute Gasteiger partial charge is 0.269 e. The number of carbonyl (C=O) groups excluding carboxylic acids is 1. The second-order valence-electron chi connectivity index (χ2n) is 6.23. The van der Waals surface area contributed by atoms with E-state index in [0.29, 0.717) is 12.2 Å². The van der Waals surface area contributed by atoms with Gasteiger partial charge in [-0.1, -0.05) is 54.6 Å². The molecule has 1 aromatic heterocycles. The Hall–Kier alpha value is -3.60. The van der Waals surface area contributed by atoms with Crippen molar-refractivity contribution >= 4 is 16.7 Å². The van der Waals surface area contributed by atoms with E-state index in [2.05, 4.69) is 33.7 Å². The molecule has 27 heavy (non-hydrogen) atoms. The van der Waals surface area contributed by atoms with Crippen molar-refractivity contribution in [2.24, 2.45) is 0 Å². The number of carbonyl (C=O) groups is 1. The Morgan fingerprint density at radius 1 is 1.04 bits per heavy atom. The summed E-state index contributed by atoms with van der Waals surface area (Å²) in [7, 11) is 1.62. The number of aromatic amines is 1. The quantitative estimate of drug-likeness (QED) is 0.563. The Morgan fingerprint density at radius 2 is 1.85 bits per heavy atom. The van der Waals surface area contributed by atoms with Gasteiger partial charge in [-0.25, -0.2) is 0 Å². The molecule has 0 aliphatic rings. The van der Waals surface area contributed by atoms with Gasteiger partial charge in [0.25, 0.3) is 5.91 Å². The zero-order chi connectivity index (χ0) is 18.6. The van der Waals surface area contributed by atoms with Gasteiger partial charge in [-0.15, -0.1) is 0 Å². The lowest BCUT2D eigenvalue weighted by atomic mass is 10.0. The fourth-order valence-corrected chi connectivity index (χ4v) is 3.08. The van der Waals surface area contributed by atoms with Crippen LogP contribution in [0.25, 0.3) is 22.0 Å². The number of hydrogen-bond acceptors (Lipinski definition) is 3. The van der Waals surface area contributed by atoms with E-state index < -0.39 is 0 Å². The topological polar surface area (TPSA) is 67.0 Å². The van der Waals surface area contributed by atoms with Crippen LogP contribution < -0.4 is 10.1 Å². The lowest BCUT2D eigenvalue weighted by Gasteiger charge is -2.05. The summed E-state index contributed by atoms with van der Waals surface area (Å²) in [5, 5.41) is 12.3. The molecule has 4 aromatic rings. The van der Waals surface area contributed by atoms with Gasteiger partial charge in [-0.05, 0) is 34.5 Å². The summed E-state index contributed by atoms with van der Waals surface area (Å²) in [4.78, 5) is 12.5. The summed E-state index contributed by atoms with van der Waals surface area (Å²) in [6.07, 6.45) is 0. The fourth-order valence-electron chi connectivity index (χ4n) is 3.08. The molecular formula is C22H19N3O2. The molecule has 0 unspecified atom stereocenters. The van der Waals surface area contributed by atoms with Crippen LogP contribution in [0.5, 0.6) is 5.75 Å². The fraction of sp³-hybridized carbons (Fsp3) is 0.0909. The Kier molecular flexibility index (Phi) is 4.58. The number of ether oxygens (including phenoxy) is 1. The molecule has 0 fully saturated rings. The van der Waals surface area contributed by atoms with Crippen LogP contribution in [0, 0.1) is 0 Å². The van der Waals surface area contributed by atoms with Crippen LogP contribution in [0.4, 0.5) is 0 Å². The van der Waals surface area contributed by atoms with Crippen molar-refractivity contribution in [3.8, 4) is 17.0 Å².